The third kappa shape index (κ3) is 4.38. The van der Waals surface area contributed by atoms with Crippen LogP contribution in [-0.2, 0) is 4.74 Å². The minimum Gasteiger partial charge on any atom is -0.508 e. The molecule has 21 heavy (non-hydrogen) atoms. The molecule has 1 aliphatic rings. The predicted molar refractivity (Wildman–Crippen MR) is 83.7 cm³/mol. The van der Waals surface area contributed by atoms with Gasteiger partial charge in [-0.25, -0.2) is 4.79 Å². The summed E-state index contributed by atoms with van der Waals surface area (Å²) in [5, 5.41) is 9.44. The molecule has 1 fully saturated rings. The minimum atomic E-state index is -0.513. The Morgan fingerprint density at radius 2 is 1.71 bits per heavy atom. The first-order valence-electron chi connectivity index (χ1n) is 7.68. The summed E-state index contributed by atoms with van der Waals surface area (Å²) in [4.78, 5) is 14.3. The molecule has 0 unspecified atom stereocenters. The summed E-state index contributed by atoms with van der Waals surface area (Å²) in [6.45, 7) is 5.63. The molecular formula is C17H25NO3. The molecule has 4 nitrogen and oxygen atoms in total. The second-order valence-electron chi connectivity index (χ2n) is 6.66. The summed E-state index contributed by atoms with van der Waals surface area (Å²) in [5.41, 5.74) is 0.273. The number of ether oxygens (including phenoxy) is 1. The van der Waals surface area contributed by atoms with Gasteiger partial charge in [0.05, 0.1) is 0 Å². The molecule has 0 atom stereocenters. The van der Waals surface area contributed by atoms with Crippen LogP contribution in [0.5, 0.6) is 5.75 Å². The van der Waals surface area contributed by atoms with E-state index in [-0.39, 0.29) is 17.9 Å². The van der Waals surface area contributed by atoms with Crippen LogP contribution >= 0.6 is 0 Å². The van der Waals surface area contributed by atoms with Gasteiger partial charge in [0.2, 0.25) is 0 Å². The number of nitrogens with zero attached hydrogens (tertiary/aromatic N) is 1. The second kappa shape index (κ2) is 6.37. The summed E-state index contributed by atoms with van der Waals surface area (Å²) in [6.07, 6.45) is 5.21. The lowest BCUT2D eigenvalue weighted by atomic mass is 9.94. The van der Waals surface area contributed by atoms with Gasteiger partial charge in [0, 0.05) is 11.7 Å². The van der Waals surface area contributed by atoms with Gasteiger partial charge in [0.25, 0.3) is 0 Å². The van der Waals surface area contributed by atoms with Gasteiger partial charge in [-0.15, -0.1) is 0 Å². The average Bonchev–Trinajstić information content (AvgIpc) is 2.40. The molecular weight excluding hydrogens is 266 g/mol. The summed E-state index contributed by atoms with van der Waals surface area (Å²) in [5.74, 6) is 0.200. The lowest BCUT2D eigenvalue weighted by Gasteiger charge is -2.35. The number of amides is 1. The van der Waals surface area contributed by atoms with Gasteiger partial charge in [-0.05, 0) is 57.9 Å². The normalized spacial score (nSPS) is 16.5. The number of benzene rings is 1. The lowest BCUT2D eigenvalue weighted by Crippen LogP contribution is -2.44. The van der Waals surface area contributed by atoms with E-state index in [1.165, 1.54) is 6.42 Å². The second-order valence-corrected chi connectivity index (χ2v) is 6.66. The highest BCUT2D eigenvalue weighted by Crippen LogP contribution is 2.30. The Bertz CT molecular complexity index is 470. The van der Waals surface area contributed by atoms with Crippen LogP contribution in [0.15, 0.2) is 24.3 Å². The number of phenolic OH excluding ortho intramolecular Hbond substituents is 1. The number of carbonyl (C=O) groups excluding carboxylic acids is 1. The van der Waals surface area contributed by atoms with Crippen LogP contribution in [0.3, 0.4) is 0 Å². The van der Waals surface area contributed by atoms with Crippen molar-refractivity contribution in [2.45, 2.75) is 64.5 Å². The van der Waals surface area contributed by atoms with Gasteiger partial charge >= 0.3 is 6.09 Å². The van der Waals surface area contributed by atoms with Crippen LogP contribution < -0.4 is 4.90 Å². The van der Waals surface area contributed by atoms with Crippen molar-refractivity contribution >= 4 is 11.8 Å². The fourth-order valence-electron chi connectivity index (χ4n) is 2.73. The largest absolute Gasteiger partial charge is 0.508 e. The van der Waals surface area contributed by atoms with Gasteiger partial charge in [-0.1, -0.05) is 19.3 Å². The smallest absolute Gasteiger partial charge is 0.415 e. The van der Waals surface area contributed by atoms with Crippen LogP contribution in [-0.4, -0.2) is 22.8 Å². The third-order valence-corrected chi connectivity index (χ3v) is 3.66. The summed E-state index contributed by atoms with van der Waals surface area (Å²) < 4.78 is 5.56. The zero-order valence-electron chi connectivity index (χ0n) is 13.1. The van der Waals surface area contributed by atoms with Crippen molar-refractivity contribution in [1.29, 1.82) is 0 Å². The molecule has 0 saturated heterocycles. The minimum absolute atomic E-state index is 0.179. The van der Waals surface area contributed by atoms with E-state index >= 15 is 0 Å². The van der Waals surface area contributed by atoms with Gasteiger partial charge in [0.1, 0.15) is 11.4 Å². The molecule has 1 N–H and O–H groups in total. The Labute approximate surface area is 126 Å². The van der Waals surface area contributed by atoms with E-state index in [0.29, 0.717) is 0 Å². The zero-order valence-corrected chi connectivity index (χ0v) is 13.1. The quantitative estimate of drug-likeness (QED) is 0.874. The molecule has 116 valence electrons. The Morgan fingerprint density at radius 3 is 2.24 bits per heavy atom. The van der Waals surface area contributed by atoms with Crippen LogP contribution in [0.1, 0.15) is 52.9 Å². The number of phenols is 1. The fraction of sp³-hybridized carbons (Fsp3) is 0.588. The molecule has 1 aromatic carbocycles. The Balaban J connectivity index is 2.24. The van der Waals surface area contributed by atoms with Gasteiger partial charge < -0.3 is 9.84 Å². The maximum absolute atomic E-state index is 12.6. The van der Waals surface area contributed by atoms with E-state index in [1.807, 2.05) is 20.8 Å². The fourth-order valence-corrected chi connectivity index (χ4v) is 2.73. The highest BCUT2D eigenvalue weighted by Gasteiger charge is 2.30. The molecule has 1 aliphatic carbocycles. The maximum atomic E-state index is 12.6. The zero-order chi connectivity index (χ0) is 15.5. The summed E-state index contributed by atoms with van der Waals surface area (Å²) >= 11 is 0. The molecule has 1 aromatic rings. The standard InChI is InChI=1S/C17H25NO3/c1-17(2,3)21-16(20)18(13-7-5-4-6-8-13)14-9-11-15(19)12-10-14/h9-13,19H,4-8H2,1-3H3. The highest BCUT2D eigenvalue weighted by molar-refractivity contribution is 5.88. The number of aromatic hydroxyl groups is 1. The highest BCUT2D eigenvalue weighted by atomic mass is 16.6. The predicted octanol–water partition coefficient (Wildman–Crippen LogP) is 4.47. The molecule has 0 spiro atoms. The van der Waals surface area contributed by atoms with E-state index < -0.39 is 5.60 Å². The summed E-state index contributed by atoms with van der Waals surface area (Å²) in [6, 6.07) is 6.94. The van der Waals surface area contributed by atoms with Crippen molar-refractivity contribution in [3.8, 4) is 5.75 Å². The molecule has 1 amide bonds. The van der Waals surface area contributed by atoms with Crippen molar-refractivity contribution in [3.63, 3.8) is 0 Å². The lowest BCUT2D eigenvalue weighted by molar-refractivity contribution is 0.0558. The Kier molecular flexibility index (Phi) is 4.76. The van der Waals surface area contributed by atoms with Crippen molar-refractivity contribution in [3.05, 3.63) is 24.3 Å². The first kappa shape index (κ1) is 15.7. The molecule has 0 bridgehead atoms. The maximum Gasteiger partial charge on any atom is 0.415 e. The number of hydrogen-bond acceptors (Lipinski definition) is 3. The average molecular weight is 291 g/mol. The van der Waals surface area contributed by atoms with Crippen LogP contribution in [0.25, 0.3) is 0 Å². The molecule has 0 aliphatic heterocycles. The van der Waals surface area contributed by atoms with Crippen molar-refractivity contribution < 1.29 is 14.6 Å². The monoisotopic (exact) mass is 291 g/mol. The van der Waals surface area contributed by atoms with E-state index in [2.05, 4.69) is 0 Å². The number of carbonyl (C=O) groups is 1. The van der Waals surface area contributed by atoms with Crippen molar-refractivity contribution in [2.75, 3.05) is 4.90 Å². The summed E-state index contributed by atoms with van der Waals surface area (Å²) in [7, 11) is 0. The first-order valence-corrected chi connectivity index (χ1v) is 7.68. The van der Waals surface area contributed by atoms with E-state index in [1.54, 1.807) is 29.2 Å². The number of hydrogen-bond donors (Lipinski definition) is 1. The van der Waals surface area contributed by atoms with Gasteiger partial charge in [0.15, 0.2) is 0 Å². The third-order valence-electron chi connectivity index (χ3n) is 3.66. The van der Waals surface area contributed by atoms with Gasteiger partial charge in [-0.2, -0.15) is 0 Å². The van der Waals surface area contributed by atoms with Crippen molar-refractivity contribution in [1.82, 2.24) is 0 Å². The van der Waals surface area contributed by atoms with Crippen LogP contribution in [0.4, 0.5) is 10.5 Å². The van der Waals surface area contributed by atoms with E-state index in [0.717, 1.165) is 31.4 Å². The Hall–Kier alpha value is -1.71. The first-order chi connectivity index (χ1) is 9.87. The van der Waals surface area contributed by atoms with E-state index in [9.17, 15) is 9.90 Å². The number of rotatable bonds is 2. The molecule has 1 saturated carbocycles. The molecule has 4 heteroatoms. The topological polar surface area (TPSA) is 49.8 Å². The van der Waals surface area contributed by atoms with E-state index in [4.69, 9.17) is 4.74 Å². The number of anilines is 1. The molecule has 0 aromatic heterocycles. The molecule has 2 rings (SSSR count). The van der Waals surface area contributed by atoms with Gasteiger partial charge in [-0.3, -0.25) is 4.90 Å². The van der Waals surface area contributed by atoms with Crippen molar-refractivity contribution in [2.24, 2.45) is 0 Å². The van der Waals surface area contributed by atoms with Crippen LogP contribution in [0.2, 0.25) is 0 Å². The SMILES string of the molecule is CC(C)(C)OC(=O)N(c1ccc(O)cc1)C1CCCCC1. The molecule has 0 heterocycles. The van der Waals surface area contributed by atoms with Crippen LogP contribution in [0, 0.1) is 0 Å². The Morgan fingerprint density at radius 1 is 1.14 bits per heavy atom. The molecule has 0 radical (unpaired) electrons.